The first kappa shape index (κ1) is 43.6. The largest absolute Gasteiger partial charge is 0.461 e. The second kappa shape index (κ2) is 21.8. The average molecular weight is 766 g/mol. The van der Waals surface area contributed by atoms with Gasteiger partial charge in [0.15, 0.2) is 0 Å². The summed E-state index contributed by atoms with van der Waals surface area (Å²) < 4.78 is 10.5. The number of nitrogens with one attached hydrogen (secondary N) is 5. The van der Waals surface area contributed by atoms with Crippen LogP contribution in [0, 0.1) is 11.8 Å². The zero-order valence-electron chi connectivity index (χ0n) is 31.6. The number of urea groups is 1. The average Bonchev–Trinajstić information content (AvgIpc) is 3.13. The fraction of sp³-hybridized carbons (Fsp3) is 0.474. The minimum atomic E-state index is -1.06. The summed E-state index contributed by atoms with van der Waals surface area (Å²) in [5.41, 5.74) is 7.62. The molecule has 2 aromatic rings. The molecule has 0 saturated carbocycles. The Morgan fingerprint density at radius 2 is 1.42 bits per heavy atom. The molecule has 1 heterocycles. The monoisotopic (exact) mass is 765 g/mol. The fourth-order valence-corrected chi connectivity index (χ4v) is 5.19. The van der Waals surface area contributed by atoms with E-state index in [-0.39, 0.29) is 49.7 Å². The number of hydrogen-bond acceptors (Lipinski definition) is 10. The number of anilines is 2. The number of β-lactam (4-membered cyclic amide) rings is 1. The lowest BCUT2D eigenvalue weighted by Gasteiger charge is -2.28. The van der Waals surface area contributed by atoms with Gasteiger partial charge in [0, 0.05) is 37.3 Å². The summed E-state index contributed by atoms with van der Waals surface area (Å²) in [6.45, 7) is 6.60. The highest BCUT2D eigenvalue weighted by molar-refractivity contribution is 6.00. The SMILES string of the molecule is CC(C)C(=O)OCc1ccc(NC(=O)[C@H](CCCNC(N)=O)NC(=O)[C@@H](NC(=O)COCC(=O)Nc2ccc(CCC(=O)N3CCC3=O)cc2)C(C)C)cc1. The van der Waals surface area contributed by atoms with Crippen LogP contribution in [0.5, 0.6) is 0 Å². The molecule has 298 valence electrons. The Bertz CT molecular complexity index is 1680. The number of hydrogen-bond donors (Lipinski definition) is 6. The lowest BCUT2D eigenvalue weighted by atomic mass is 10.0. The van der Waals surface area contributed by atoms with Gasteiger partial charge in [0.2, 0.25) is 35.4 Å². The summed E-state index contributed by atoms with van der Waals surface area (Å²) >= 11 is 0. The summed E-state index contributed by atoms with van der Waals surface area (Å²) in [7, 11) is 0. The predicted octanol–water partition coefficient (Wildman–Crippen LogP) is 1.75. The minimum absolute atomic E-state index is 0.0726. The molecule has 0 aromatic heterocycles. The second-order valence-electron chi connectivity index (χ2n) is 13.7. The summed E-state index contributed by atoms with van der Waals surface area (Å²) in [4.78, 5) is 99.6. The molecule has 17 nitrogen and oxygen atoms in total. The Morgan fingerprint density at radius 1 is 0.800 bits per heavy atom. The third-order valence-electron chi connectivity index (χ3n) is 8.42. The molecule has 2 aromatic carbocycles. The lowest BCUT2D eigenvalue weighted by Crippen LogP contribution is -2.55. The highest BCUT2D eigenvalue weighted by Gasteiger charge is 2.30. The van der Waals surface area contributed by atoms with Crippen LogP contribution in [-0.4, -0.2) is 90.7 Å². The highest BCUT2D eigenvalue weighted by Crippen LogP contribution is 2.16. The van der Waals surface area contributed by atoms with Gasteiger partial charge in [0.05, 0.1) is 5.92 Å². The number of carbonyl (C=O) groups excluding carboxylic acids is 8. The first-order valence-corrected chi connectivity index (χ1v) is 18.1. The molecule has 0 unspecified atom stereocenters. The van der Waals surface area contributed by atoms with Crippen molar-refractivity contribution in [1.29, 1.82) is 0 Å². The van der Waals surface area contributed by atoms with Crippen LogP contribution in [0.2, 0.25) is 0 Å². The Morgan fingerprint density at radius 3 is 1.98 bits per heavy atom. The number of carbonyl (C=O) groups is 8. The van der Waals surface area contributed by atoms with Crippen LogP contribution in [0.1, 0.15) is 64.5 Å². The number of aryl methyl sites for hydroxylation is 1. The summed E-state index contributed by atoms with van der Waals surface area (Å²) in [6, 6.07) is 10.6. The lowest BCUT2D eigenvalue weighted by molar-refractivity contribution is -0.152. The van der Waals surface area contributed by atoms with Crippen LogP contribution in [0.4, 0.5) is 16.2 Å². The first-order chi connectivity index (χ1) is 26.1. The van der Waals surface area contributed by atoms with Crippen molar-refractivity contribution in [3.63, 3.8) is 0 Å². The third-order valence-corrected chi connectivity index (χ3v) is 8.42. The van der Waals surface area contributed by atoms with Crippen LogP contribution in [0.3, 0.4) is 0 Å². The molecule has 0 radical (unpaired) electrons. The van der Waals surface area contributed by atoms with Gasteiger partial charge >= 0.3 is 12.0 Å². The molecule has 3 rings (SSSR count). The van der Waals surface area contributed by atoms with Crippen molar-refractivity contribution in [2.45, 2.75) is 78.5 Å². The number of imide groups is 1. The van der Waals surface area contributed by atoms with Gasteiger partial charge in [-0.1, -0.05) is 52.0 Å². The van der Waals surface area contributed by atoms with E-state index >= 15 is 0 Å². The molecule has 7 N–H and O–H groups in total. The van der Waals surface area contributed by atoms with Gasteiger partial charge in [-0.05, 0) is 60.6 Å². The molecule has 55 heavy (non-hydrogen) atoms. The van der Waals surface area contributed by atoms with Gasteiger partial charge in [-0.2, -0.15) is 0 Å². The molecule has 2 atom stereocenters. The maximum absolute atomic E-state index is 13.4. The fourth-order valence-electron chi connectivity index (χ4n) is 5.19. The molecule has 1 aliphatic heterocycles. The maximum atomic E-state index is 13.4. The smallest absolute Gasteiger partial charge is 0.312 e. The van der Waals surface area contributed by atoms with E-state index in [1.54, 1.807) is 76.2 Å². The number of benzene rings is 2. The summed E-state index contributed by atoms with van der Waals surface area (Å²) in [6.07, 6.45) is 1.47. The van der Waals surface area contributed by atoms with E-state index < -0.39 is 60.9 Å². The molecule has 8 amide bonds. The second-order valence-corrected chi connectivity index (χ2v) is 13.7. The number of rotatable bonds is 21. The van der Waals surface area contributed by atoms with Crippen LogP contribution >= 0.6 is 0 Å². The Balaban J connectivity index is 1.48. The van der Waals surface area contributed by atoms with Gasteiger partial charge < -0.3 is 41.8 Å². The molecule has 0 bridgehead atoms. The van der Waals surface area contributed by atoms with Gasteiger partial charge in [-0.25, -0.2) is 4.79 Å². The number of likely N-dealkylation sites (tertiary alicyclic amines) is 1. The predicted molar refractivity (Wildman–Crippen MR) is 201 cm³/mol. The Labute approximate surface area is 319 Å². The highest BCUT2D eigenvalue weighted by atomic mass is 16.5. The molecule has 0 spiro atoms. The standard InChI is InChI=1S/C38H51N7O10/c1-23(2)34(44-31(47)22-54-21-30(46)41-27-12-7-25(8-13-27)11-16-32(48)45-19-17-33(45)49)36(51)43-29(6-5-18-40-38(39)53)35(50)42-28-14-9-26(10-15-28)20-55-37(52)24(3)4/h7-10,12-15,23-24,29,34H,5-6,11,16-22H2,1-4H3,(H,41,46)(H,42,50)(H,43,51)(H,44,47)(H3,39,40,53)/t29-,34-/m0/s1. The minimum Gasteiger partial charge on any atom is -0.461 e. The van der Waals surface area contributed by atoms with Crippen molar-refractivity contribution < 1.29 is 47.8 Å². The number of primary amides is 1. The molecule has 17 heteroatoms. The number of ether oxygens (including phenoxy) is 2. The zero-order chi connectivity index (χ0) is 40.5. The van der Waals surface area contributed by atoms with Crippen molar-refractivity contribution in [2.75, 3.05) is 36.9 Å². The van der Waals surface area contributed by atoms with E-state index in [1.165, 1.54) is 4.90 Å². The van der Waals surface area contributed by atoms with Crippen LogP contribution in [-0.2, 0) is 56.1 Å². The molecule has 1 fully saturated rings. The van der Waals surface area contributed by atoms with Crippen molar-refractivity contribution >= 4 is 58.8 Å². The normalized spacial score (nSPS) is 13.3. The quantitative estimate of drug-likeness (QED) is 0.0611. The van der Waals surface area contributed by atoms with Crippen molar-refractivity contribution in [1.82, 2.24) is 20.9 Å². The molecule has 1 saturated heterocycles. The molecular weight excluding hydrogens is 714 g/mol. The summed E-state index contributed by atoms with van der Waals surface area (Å²) in [5.74, 6) is -3.72. The van der Waals surface area contributed by atoms with Crippen molar-refractivity contribution in [3.05, 3.63) is 59.7 Å². The van der Waals surface area contributed by atoms with Gasteiger partial charge in [0.1, 0.15) is 31.9 Å². The van der Waals surface area contributed by atoms with Crippen LogP contribution in [0.25, 0.3) is 0 Å². The van der Waals surface area contributed by atoms with E-state index in [0.29, 0.717) is 42.7 Å². The van der Waals surface area contributed by atoms with E-state index in [1.807, 2.05) is 0 Å². The van der Waals surface area contributed by atoms with Crippen molar-refractivity contribution in [2.24, 2.45) is 17.6 Å². The molecular formula is C38H51N7O10. The first-order valence-electron chi connectivity index (χ1n) is 18.1. The van der Waals surface area contributed by atoms with Crippen molar-refractivity contribution in [3.8, 4) is 0 Å². The Hall–Kier alpha value is -5.84. The Kier molecular flexibility index (Phi) is 17.2. The zero-order valence-corrected chi connectivity index (χ0v) is 31.6. The molecule has 0 aliphatic carbocycles. The topological polar surface area (TPSA) is 244 Å². The van der Waals surface area contributed by atoms with Crippen LogP contribution < -0.4 is 32.3 Å². The number of nitrogens with zero attached hydrogens (tertiary/aromatic N) is 1. The number of nitrogens with two attached hydrogens (primary N) is 1. The van der Waals surface area contributed by atoms with E-state index in [0.717, 1.165) is 5.56 Å². The molecule has 1 aliphatic rings. The maximum Gasteiger partial charge on any atom is 0.312 e. The van der Waals surface area contributed by atoms with Gasteiger partial charge in [-0.3, -0.25) is 38.5 Å². The van der Waals surface area contributed by atoms with E-state index in [2.05, 4.69) is 26.6 Å². The third kappa shape index (κ3) is 15.2. The van der Waals surface area contributed by atoms with Gasteiger partial charge in [-0.15, -0.1) is 0 Å². The van der Waals surface area contributed by atoms with E-state index in [4.69, 9.17) is 15.2 Å². The van der Waals surface area contributed by atoms with E-state index in [9.17, 15) is 38.4 Å². The summed E-state index contributed by atoms with van der Waals surface area (Å²) in [5, 5.41) is 13.1. The number of amides is 8. The van der Waals surface area contributed by atoms with Gasteiger partial charge in [0.25, 0.3) is 0 Å². The van der Waals surface area contributed by atoms with Crippen LogP contribution in [0.15, 0.2) is 48.5 Å². The number of esters is 1.